The Morgan fingerprint density at radius 2 is 1.12 bits per heavy atom. The fourth-order valence-corrected chi connectivity index (χ4v) is 8.22. The Labute approximate surface area is 295 Å². The molecule has 0 amide bonds. The lowest BCUT2D eigenvalue weighted by atomic mass is 9.94. The van der Waals surface area contributed by atoms with Crippen LogP contribution in [0.2, 0.25) is 0 Å². The van der Waals surface area contributed by atoms with Crippen LogP contribution in [0.4, 0.5) is 0 Å². The van der Waals surface area contributed by atoms with Gasteiger partial charge in [0.05, 0.1) is 11.0 Å². The van der Waals surface area contributed by atoms with Crippen LogP contribution in [-0.4, -0.2) is 4.57 Å². The third-order valence-corrected chi connectivity index (χ3v) is 10.5. The molecular formula is C49H33NO. The summed E-state index contributed by atoms with van der Waals surface area (Å²) in [6.45, 7) is 6.16. The van der Waals surface area contributed by atoms with Gasteiger partial charge in [0.25, 0.3) is 0 Å². The molecule has 0 aliphatic heterocycles. The molecule has 240 valence electrons. The van der Waals surface area contributed by atoms with Crippen LogP contribution in [0.1, 0.15) is 16.9 Å². The number of furan rings is 1. The van der Waals surface area contributed by atoms with Gasteiger partial charge >= 0.3 is 0 Å². The highest BCUT2D eigenvalue weighted by atomic mass is 16.3. The van der Waals surface area contributed by atoms with Crippen molar-refractivity contribution in [2.24, 2.45) is 0 Å². The molecule has 0 bridgehead atoms. The Kier molecular flexibility index (Phi) is 6.59. The number of fused-ring (bicyclic) bond motifs is 10. The molecule has 0 atom stereocenters. The van der Waals surface area contributed by atoms with Crippen LogP contribution in [0.5, 0.6) is 0 Å². The third kappa shape index (κ3) is 4.43. The van der Waals surface area contributed by atoms with E-state index in [0.717, 1.165) is 55.8 Å². The van der Waals surface area contributed by atoms with Crippen molar-refractivity contribution in [1.82, 2.24) is 4.57 Å². The molecule has 0 saturated carbocycles. The Balaban J connectivity index is 1.21. The predicted octanol–water partition coefficient (Wildman–Crippen LogP) is 13.6. The molecule has 2 heterocycles. The molecule has 0 spiro atoms. The molecule has 10 rings (SSSR count). The summed E-state index contributed by atoms with van der Waals surface area (Å²) < 4.78 is 9.27. The second-order valence-corrected chi connectivity index (χ2v) is 13.3. The Hall–Kier alpha value is -6.64. The molecule has 0 saturated heterocycles. The van der Waals surface area contributed by atoms with Crippen LogP contribution < -0.4 is 0 Å². The summed E-state index contributed by atoms with van der Waals surface area (Å²) in [4.78, 5) is 0. The van der Waals surface area contributed by atoms with Gasteiger partial charge in [0.2, 0.25) is 0 Å². The Bertz CT molecular complexity index is 3010. The van der Waals surface area contributed by atoms with E-state index in [9.17, 15) is 0 Å². The fourth-order valence-electron chi connectivity index (χ4n) is 8.22. The van der Waals surface area contributed by atoms with Crippen molar-refractivity contribution >= 4 is 70.7 Å². The van der Waals surface area contributed by atoms with Gasteiger partial charge in [-0.3, -0.25) is 0 Å². The van der Waals surface area contributed by atoms with Crippen molar-refractivity contribution in [2.75, 3.05) is 0 Å². The van der Waals surface area contributed by atoms with Crippen molar-refractivity contribution in [1.29, 1.82) is 0 Å². The van der Waals surface area contributed by atoms with Gasteiger partial charge in [-0.25, -0.2) is 0 Å². The number of hydrogen-bond donors (Lipinski definition) is 0. The number of aromatic nitrogens is 1. The number of aryl methyl sites for hydroxylation is 1. The third-order valence-electron chi connectivity index (χ3n) is 10.5. The number of nitrogens with zero attached hydrogens (tertiary/aromatic N) is 1. The smallest absolute Gasteiger partial charge is 0.142 e. The number of allylic oxidation sites excluding steroid dienone is 2. The van der Waals surface area contributed by atoms with Gasteiger partial charge in [0.15, 0.2) is 0 Å². The minimum Gasteiger partial charge on any atom is -0.455 e. The molecule has 0 unspecified atom stereocenters. The SMILES string of the molecule is C=C/C=C(/c1ccccc1)c1oc2c(-c3ccc4c5ccccc5n(-c5ccc6c7ccccc7c7ccccc7c6c5)c4c3)cccc2c1C. The number of para-hydroxylation sites is 2. The minimum atomic E-state index is 0.870. The highest BCUT2D eigenvalue weighted by Crippen LogP contribution is 2.42. The van der Waals surface area contributed by atoms with Crippen LogP contribution in [0.25, 0.3) is 87.5 Å². The van der Waals surface area contributed by atoms with E-state index >= 15 is 0 Å². The molecule has 0 N–H and O–H groups in total. The minimum absolute atomic E-state index is 0.870. The standard InChI is InChI=1S/C49H33NO/c1-3-14-36(32-15-5-4-6-16-32)48-31(2)35-22-13-23-37(49(35)51-48)33-25-27-44-43-21-11-12-24-46(43)50(47(44)29-33)34-26-28-42-40-19-8-7-17-38(40)39-18-9-10-20-41(39)45(42)30-34/h3-30H,1H2,2H3/b36-14-. The van der Waals surface area contributed by atoms with Gasteiger partial charge in [-0.15, -0.1) is 0 Å². The summed E-state index contributed by atoms with van der Waals surface area (Å²) in [6, 6.07) is 57.0. The zero-order valence-corrected chi connectivity index (χ0v) is 28.2. The first-order chi connectivity index (χ1) is 25.2. The summed E-state index contributed by atoms with van der Waals surface area (Å²) in [5, 5.41) is 11.2. The van der Waals surface area contributed by atoms with Gasteiger partial charge in [-0.1, -0.05) is 152 Å². The second kappa shape index (κ2) is 11.5. The normalized spacial score (nSPS) is 12.2. The molecule has 51 heavy (non-hydrogen) atoms. The van der Waals surface area contributed by atoms with Gasteiger partial charge in [0.1, 0.15) is 11.3 Å². The average molecular weight is 652 g/mol. The maximum absolute atomic E-state index is 6.84. The summed E-state index contributed by atoms with van der Waals surface area (Å²) in [7, 11) is 0. The van der Waals surface area contributed by atoms with E-state index in [1.54, 1.807) is 0 Å². The molecule has 8 aromatic carbocycles. The van der Waals surface area contributed by atoms with Crippen molar-refractivity contribution in [3.8, 4) is 16.8 Å². The van der Waals surface area contributed by atoms with Gasteiger partial charge in [-0.05, 0) is 74.6 Å². The lowest BCUT2D eigenvalue weighted by Crippen LogP contribution is -1.95. The maximum atomic E-state index is 6.84. The van der Waals surface area contributed by atoms with Crippen molar-refractivity contribution < 1.29 is 4.42 Å². The fraction of sp³-hybridized carbons (Fsp3) is 0.0204. The quantitative estimate of drug-likeness (QED) is 0.134. The van der Waals surface area contributed by atoms with Crippen LogP contribution in [0, 0.1) is 6.92 Å². The first-order valence-corrected chi connectivity index (χ1v) is 17.5. The van der Waals surface area contributed by atoms with Crippen LogP contribution >= 0.6 is 0 Å². The number of rotatable bonds is 5. The monoisotopic (exact) mass is 651 g/mol. The molecule has 2 heteroatoms. The van der Waals surface area contributed by atoms with E-state index in [1.165, 1.54) is 48.6 Å². The molecular weight excluding hydrogens is 619 g/mol. The largest absolute Gasteiger partial charge is 0.455 e. The van der Waals surface area contributed by atoms with Crippen molar-refractivity contribution in [3.05, 3.63) is 193 Å². The molecule has 10 aromatic rings. The molecule has 0 fully saturated rings. The Morgan fingerprint density at radius 1 is 0.529 bits per heavy atom. The lowest BCUT2D eigenvalue weighted by Gasteiger charge is -2.14. The lowest BCUT2D eigenvalue weighted by molar-refractivity contribution is 0.598. The summed E-state index contributed by atoms with van der Waals surface area (Å²) in [5.74, 6) is 0.870. The first-order valence-electron chi connectivity index (χ1n) is 17.5. The molecule has 2 aromatic heterocycles. The average Bonchev–Trinajstić information content (AvgIpc) is 3.71. The van der Waals surface area contributed by atoms with E-state index in [0.29, 0.717) is 0 Å². The predicted molar refractivity (Wildman–Crippen MR) is 217 cm³/mol. The highest BCUT2D eigenvalue weighted by molar-refractivity contribution is 6.25. The van der Waals surface area contributed by atoms with Crippen LogP contribution in [0.15, 0.2) is 181 Å². The molecule has 2 nitrogen and oxygen atoms in total. The van der Waals surface area contributed by atoms with E-state index in [1.807, 2.05) is 18.2 Å². The van der Waals surface area contributed by atoms with E-state index in [4.69, 9.17) is 4.42 Å². The summed E-state index contributed by atoms with van der Waals surface area (Å²) in [6.07, 6.45) is 3.88. The summed E-state index contributed by atoms with van der Waals surface area (Å²) in [5.41, 5.74) is 9.81. The first kappa shape index (κ1) is 29.3. The van der Waals surface area contributed by atoms with Gasteiger partial charge in [0, 0.05) is 38.5 Å². The summed E-state index contributed by atoms with van der Waals surface area (Å²) >= 11 is 0. The van der Waals surface area contributed by atoms with Crippen molar-refractivity contribution in [3.63, 3.8) is 0 Å². The van der Waals surface area contributed by atoms with E-state index in [2.05, 4.69) is 170 Å². The topological polar surface area (TPSA) is 18.1 Å². The van der Waals surface area contributed by atoms with E-state index < -0.39 is 0 Å². The van der Waals surface area contributed by atoms with Crippen molar-refractivity contribution in [2.45, 2.75) is 6.92 Å². The molecule has 0 aliphatic rings. The van der Waals surface area contributed by atoms with Gasteiger partial charge < -0.3 is 8.98 Å². The Morgan fingerprint density at radius 3 is 1.84 bits per heavy atom. The van der Waals surface area contributed by atoms with Crippen LogP contribution in [0.3, 0.4) is 0 Å². The number of benzene rings is 8. The zero-order valence-electron chi connectivity index (χ0n) is 28.2. The van der Waals surface area contributed by atoms with Crippen LogP contribution in [-0.2, 0) is 0 Å². The highest BCUT2D eigenvalue weighted by Gasteiger charge is 2.20. The maximum Gasteiger partial charge on any atom is 0.142 e. The van der Waals surface area contributed by atoms with E-state index in [-0.39, 0.29) is 0 Å². The molecule has 0 aliphatic carbocycles. The second-order valence-electron chi connectivity index (χ2n) is 13.3. The van der Waals surface area contributed by atoms with Gasteiger partial charge in [-0.2, -0.15) is 0 Å². The number of hydrogen-bond acceptors (Lipinski definition) is 1. The zero-order chi connectivity index (χ0) is 34.1. The molecule has 0 radical (unpaired) electrons.